The fourth-order valence-corrected chi connectivity index (χ4v) is 2.70. The van der Waals surface area contributed by atoms with Crippen molar-refractivity contribution in [2.24, 2.45) is 4.99 Å². The van der Waals surface area contributed by atoms with Gasteiger partial charge < -0.3 is 4.74 Å². The average Bonchev–Trinajstić information content (AvgIpc) is 2.88. The number of ether oxygens (including phenoxy) is 1. The molecule has 0 aliphatic carbocycles. The number of benzene rings is 2. The number of aryl methyl sites for hydroxylation is 1. The number of esters is 1. The Balaban J connectivity index is 1.95. The van der Waals surface area contributed by atoms with E-state index in [2.05, 4.69) is 20.9 Å². The van der Waals surface area contributed by atoms with E-state index >= 15 is 0 Å². The molecule has 0 unspecified atom stereocenters. The molecule has 7 heteroatoms. The molecule has 0 fully saturated rings. The van der Waals surface area contributed by atoms with Crippen molar-refractivity contribution in [2.75, 3.05) is 0 Å². The molecule has 2 aromatic rings. The smallest absolute Gasteiger partial charge is 0.363 e. The van der Waals surface area contributed by atoms with Gasteiger partial charge in [0, 0.05) is 21.7 Å². The third-order valence-corrected chi connectivity index (χ3v) is 3.91. The first kappa shape index (κ1) is 16.1. The van der Waals surface area contributed by atoms with Crippen molar-refractivity contribution in [3.63, 3.8) is 0 Å². The zero-order valence-corrected chi connectivity index (χ0v) is 14.1. The number of rotatable bonds is 3. The molecule has 1 aliphatic rings. The first-order valence-electron chi connectivity index (χ1n) is 6.97. The molecule has 2 aromatic carbocycles. The maximum atomic E-state index is 12.0. The summed E-state index contributed by atoms with van der Waals surface area (Å²) in [6.45, 7) is 1.62. The molecule has 0 bridgehead atoms. The Morgan fingerprint density at radius 2 is 2.04 bits per heavy atom. The van der Waals surface area contributed by atoms with Crippen LogP contribution in [0.3, 0.4) is 0 Å². The van der Waals surface area contributed by atoms with E-state index in [1.54, 1.807) is 19.1 Å². The molecular weight excluding hydrogens is 376 g/mol. The predicted molar refractivity (Wildman–Crippen MR) is 92.6 cm³/mol. The quantitative estimate of drug-likeness (QED) is 0.345. The van der Waals surface area contributed by atoms with Gasteiger partial charge in [0.15, 0.2) is 5.70 Å². The summed E-state index contributed by atoms with van der Waals surface area (Å²) in [5.41, 5.74) is 1.98. The highest BCUT2D eigenvalue weighted by molar-refractivity contribution is 9.10. The van der Waals surface area contributed by atoms with Gasteiger partial charge in [-0.15, -0.1) is 0 Å². The van der Waals surface area contributed by atoms with E-state index in [0.717, 1.165) is 10.0 Å². The predicted octanol–water partition coefficient (Wildman–Crippen LogP) is 4.01. The highest BCUT2D eigenvalue weighted by Crippen LogP contribution is 2.24. The van der Waals surface area contributed by atoms with Crippen LogP contribution < -0.4 is 0 Å². The van der Waals surface area contributed by atoms with E-state index in [1.165, 1.54) is 12.1 Å². The first-order chi connectivity index (χ1) is 11.4. The molecule has 1 heterocycles. The molecule has 0 aromatic heterocycles. The Morgan fingerprint density at radius 3 is 2.71 bits per heavy atom. The second-order valence-electron chi connectivity index (χ2n) is 5.15. The molecule has 3 rings (SSSR count). The fourth-order valence-electron chi connectivity index (χ4n) is 2.28. The summed E-state index contributed by atoms with van der Waals surface area (Å²) in [4.78, 5) is 26.6. The van der Waals surface area contributed by atoms with E-state index < -0.39 is 10.9 Å². The lowest BCUT2D eigenvalue weighted by Crippen LogP contribution is -2.06. The van der Waals surface area contributed by atoms with Crippen molar-refractivity contribution in [3.8, 4) is 0 Å². The van der Waals surface area contributed by atoms with Crippen LogP contribution >= 0.6 is 15.9 Å². The second kappa shape index (κ2) is 6.37. The van der Waals surface area contributed by atoms with Crippen LogP contribution in [0, 0.1) is 17.0 Å². The monoisotopic (exact) mass is 386 g/mol. The second-order valence-corrected chi connectivity index (χ2v) is 6.07. The third-order valence-electron chi connectivity index (χ3n) is 3.41. The lowest BCUT2D eigenvalue weighted by Gasteiger charge is -2.01. The van der Waals surface area contributed by atoms with Crippen molar-refractivity contribution in [1.29, 1.82) is 0 Å². The summed E-state index contributed by atoms with van der Waals surface area (Å²) < 4.78 is 6.07. The van der Waals surface area contributed by atoms with E-state index in [0.29, 0.717) is 11.1 Å². The molecule has 0 spiro atoms. The van der Waals surface area contributed by atoms with Gasteiger partial charge in [-0.3, -0.25) is 10.1 Å². The maximum Gasteiger partial charge on any atom is 0.363 e. The number of cyclic esters (lactones) is 1. The van der Waals surface area contributed by atoms with Crippen LogP contribution in [0.2, 0.25) is 0 Å². The summed E-state index contributed by atoms with van der Waals surface area (Å²) in [5, 5.41) is 10.9. The highest BCUT2D eigenvalue weighted by atomic mass is 79.9. The van der Waals surface area contributed by atoms with E-state index in [-0.39, 0.29) is 17.3 Å². The normalized spacial score (nSPS) is 15.3. The SMILES string of the molecule is Cc1cc(C2=N/C(=C\c3cccc(Br)c3)C(=O)O2)ccc1[N+](=O)[O-]. The van der Waals surface area contributed by atoms with Crippen LogP contribution in [0.1, 0.15) is 16.7 Å². The number of aliphatic imine (C=N–C) groups is 1. The largest absolute Gasteiger partial charge is 0.402 e. The van der Waals surface area contributed by atoms with E-state index in [1.807, 2.05) is 24.3 Å². The molecule has 0 N–H and O–H groups in total. The number of carbonyl (C=O) groups is 1. The summed E-state index contributed by atoms with van der Waals surface area (Å²) >= 11 is 3.37. The van der Waals surface area contributed by atoms with Crippen molar-refractivity contribution in [2.45, 2.75) is 6.92 Å². The number of hydrogen-bond donors (Lipinski definition) is 0. The van der Waals surface area contributed by atoms with Gasteiger partial charge in [-0.25, -0.2) is 9.79 Å². The minimum Gasteiger partial charge on any atom is -0.402 e. The standard InChI is InChI=1S/C17H11BrN2O4/c1-10-7-12(5-6-15(10)20(22)23)16-19-14(17(21)24-16)9-11-3-2-4-13(18)8-11/h2-9H,1H3/b14-9-. The average molecular weight is 387 g/mol. The molecule has 0 radical (unpaired) electrons. The van der Waals surface area contributed by atoms with Crippen LogP contribution in [0.5, 0.6) is 0 Å². The first-order valence-corrected chi connectivity index (χ1v) is 7.77. The van der Waals surface area contributed by atoms with Gasteiger partial charge in [0.25, 0.3) is 5.69 Å². The van der Waals surface area contributed by atoms with Gasteiger partial charge in [0.05, 0.1) is 4.92 Å². The number of nitro groups is 1. The molecule has 24 heavy (non-hydrogen) atoms. The Morgan fingerprint density at radius 1 is 1.25 bits per heavy atom. The molecule has 0 saturated carbocycles. The highest BCUT2D eigenvalue weighted by Gasteiger charge is 2.25. The fraction of sp³-hybridized carbons (Fsp3) is 0.0588. The van der Waals surface area contributed by atoms with Crippen LogP contribution in [-0.4, -0.2) is 16.8 Å². The number of hydrogen-bond acceptors (Lipinski definition) is 5. The summed E-state index contributed by atoms with van der Waals surface area (Å²) in [7, 11) is 0. The number of nitro benzene ring substituents is 1. The summed E-state index contributed by atoms with van der Waals surface area (Å²) in [5.74, 6) is -0.416. The van der Waals surface area contributed by atoms with Crippen molar-refractivity contribution < 1.29 is 14.5 Å². The molecule has 0 saturated heterocycles. The Kier molecular flexibility index (Phi) is 4.26. The van der Waals surface area contributed by atoms with Crippen LogP contribution in [0.15, 0.2) is 57.6 Å². The molecular formula is C17H11BrN2O4. The maximum absolute atomic E-state index is 12.0. The molecule has 1 aliphatic heterocycles. The van der Waals surface area contributed by atoms with Crippen molar-refractivity contribution in [1.82, 2.24) is 0 Å². The number of nitrogens with zero attached hydrogens (tertiary/aromatic N) is 2. The minimum absolute atomic E-state index is 0.00794. The Bertz CT molecular complexity index is 919. The van der Waals surface area contributed by atoms with E-state index in [4.69, 9.17) is 4.74 Å². The van der Waals surface area contributed by atoms with Gasteiger partial charge in [-0.05, 0) is 42.8 Å². The number of carbonyl (C=O) groups excluding carboxylic acids is 1. The zero-order valence-electron chi connectivity index (χ0n) is 12.5. The summed E-state index contributed by atoms with van der Waals surface area (Å²) in [6, 6.07) is 11.9. The lowest BCUT2D eigenvalue weighted by atomic mass is 10.1. The van der Waals surface area contributed by atoms with Crippen LogP contribution in [0.4, 0.5) is 5.69 Å². The van der Waals surface area contributed by atoms with Crippen molar-refractivity contribution in [3.05, 3.63) is 79.4 Å². The van der Waals surface area contributed by atoms with E-state index in [9.17, 15) is 14.9 Å². The number of halogens is 1. The zero-order chi connectivity index (χ0) is 17.3. The molecule has 0 amide bonds. The molecule has 6 nitrogen and oxygen atoms in total. The van der Waals surface area contributed by atoms with Gasteiger partial charge >= 0.3 is 5.97 Å². The molecule has 120 valence electrons. The minimum atomic E-state index is -0.555. The van der Waals surface area contributed by atoms with Gasteiger partial charge in [0.2, 0.25) is 5.90 Å². The van der Waals surface area contributed by atoms with Gasteiger partial charge in [-0.2, -0.15) is 0 Å². The van der Waals surface area contributed by atoms with Crippen LogP contribution in [0.25, 0.3) is 6.08 Å². The Hall–Kier alpha value is -2.80. The van der Waals surface area contributed by atoms with Gasteiger partial charge in [0.1, 0.15) is 0 Å². The Labute approximate surface area is 145 Å². The summed E-state index contributed by atoms with van der Waals surface area (Å²) in [6.07, 6.45) is 1.62. The lowest BCUT2D eigenvalue weighted by molar-refractivity contribution is -0.385. The van der Waals surface area contributed by atoms with Gasteiger partial charge in [-0.1, -0.05) is 28.1 Å². The third kappa shape index (κ3) is 3.26. The topological polar surface area (TPSA) is 81.8 Å². The van der Waals surface area contributed by atoms with Crippen molar-refractivity contribution >= 4 is 39.6 Å². The van der Waals surface area contributed by atoms with Crippen LogP contribution in [-0.2, 0) is 9.53 Å². The molecule has 0 atom stereocenters.